The number of carbonyl (C=O) groups excluding carboxylic acids is 2. The molecule has 1 amide bonds. The molecule has 3 aromatic heterocycles. The first-order valence-corrected chi connectivity index (χ1v) is 10.4. The van der Waals surface area contributed by atoms with Crippen molar-refractivity contribution >= 4 is 23.0 Å². The van der Waals surface area contributed by atoms with E-state index in [0.717, 1.165) is 4.57 Å². The number of carbonyl (C=O) groups is 2. The fourth-order valence-corrected chi connectivity index (χ4v) is 3.55. The zero-order valence-corrected chi connectivity index (χ0v) is 18.3. The average molecular weight is 460 g/mol. The largest absolute Gasteiger partial charge is 0.458 e. The number of hydrogen-bond acceptors (Lipinski definition) is 9. The highest BCUT2D eigenvalue weighted by molar-refractivity contribution is 5.76. The molecule has 33 heavy (non-hydrogen) atoms. The van der Waals surface area contributed by atoms with E-state index < -0.39 is 17.2 Å². The molecule has 1 fully saturated rings. The number of hydrogen-bond donors (Lipinski definition) is 0. The van der Waals surface area contributed by atoms with Gasteiger partial charge in [-0.15, -0.1) is 5.10 Å². The van der Waals surface area contributed by atoms with Crippen LogP contribution in [0.1, 0.15) is 12.1 Å². The van der Waals surface area contributed by atoms with Gasteiger partial charge in [-0.2, -0.15) is 0 Å². The van der Waals surface area contributed by atoms with Crippen molar-refractivity contribution in [2.75, 3.05) is 26.3 Å². The summed E-state index contributed by atoms with van der Waals surface area (Å²) in [7, 11) is 2.86. The normalized spacial score (nSPS) is 14.1. The molecule has 0 radical (unpaired) electrons. The number of aromatic nitrogens is 7. The third kappa shape index (κ3) is 4.69. The second-order valence-electron chi connectivity index (χ2n) is 7.63. The number of esters is 1. The molecule has 4 heterocycles. The van der Waals surface area contributed by atoms with Crippen molar-refractivity contribution < 1.29 is 19.1 Å². The quantitative estimate of drug-likeness (QED) is 0.366. The molecule has 176 valence electrons. The Bertz CT molecular complexity index is 1300. The first kappa shape index (κ1) is 22.4. The number of fused-ring (bicyclic) bond motifs is 1. The predicted molar refractivity (Wildman–Crippen MR) is 112 cm³/mol. The molecule has 0 N–H and O–H groups in total. The molecule has 1 aliphatic heterocycles. The van der Waals surface area contributed by atoms with E-state index in [2.05, 4.69) is 15.3 Å². The lowest BCUT2D eigenvalue weighted by atomic mass is 10.3. The summed E-state index contributed by atoms with van der Waals surface area (Å²) in [6.45, 7) is 2.27. The van der Waals surface area contributed by atoms with Gasteiger partial charge in [0, 0.05) is 33.6 Å². The van der Waals surface area contributed by atoms with Crippen LogP contribution in [0.15, 0.2) is 22.1 Å². The predicted octanol–water partition coefficient (Wildman–Crippen LogP) is -1.98. The Morgan fingerprint density at radius 2 is 1.91 bits per heavy atom. The standard InChI is InChI=1S/C19H24N8O6/c1-23-17-16(18(30)24(2)19(23)31)26(12-20-17)10-15(29)33-11-13-9-27(22-21-13)4-3-14(28)25-5-7-32-8-6-25/h9,12H,3-8,10-11H2,1-2H3. The monoisotopic (exact) mass is 460 g/mol. The van der Waals surface area contributed by atoms with Gasteiger partial charge in [0.15, 0.2) is 11.2 Å². The number of aryl methyl sites for hydroxylation is 2. The van der Waals surface area contributed by atoms with Crippen LogP contribution < -0.4 is 11.2 Å². The maximum absolute atomic E-state index is 12.4. The SMILES string of the molecule is Cn1c(=O)c2c(ncn2CC(=O)OCc2cn(CCC(=O)N3CCOCC3)nn2)n(C)c1=O. The summed E-state index contributed by atoms with van der Waals surface area (Å²) in [5.74, 6) is -0.583. The molecule has 4 rings (SSSR count). The number of imidazole rings is 1. The van der Waals surface area contributed by atoms with Crippen LogP contribution in [0.5, 0.6) is 0 Å². The lowest BCUT2D eigenvalue weighted by Gasteiger charge is -2.26. The molecule has 0 bridgehead atoms. The lowest BCUT2D eigenvalue weighted by molar-refractivity contribution is -0.145. The van der Waals surface area contributed by atoms with E-state index in [9.17, 15) is 19.2 Å². The van der Waals surface area contributed by atoms with Crippen molar-refractivity contribution in [2.45, 2.75) is 26.1 Å². The van der Waals surface area contributed by atoms with Crippen LogP contribution in [-0.2, 0) is 52.9 Å². The van der Waals surface area contributed by atoms with Crippen molar-refractivity contribution in [3.8, 4) is 0 Å². The smallest absolute Gasteiger partial charge is 0.332 e. The van der Waals surface area contributed by atoms with Crippen LogP contribution in [0.2, 0.25) is 0 Å². The molecule has 14 nitrogen and oxygen atoms in total. The molecule has 3 aromatic rings. The summed E-state index contributed by atoms with van der Waals surface area (Å²) in [5.41, 5.74) is -0.308. The molecule has 0 atom stereocenters. The second kappa shape index (κ2) is 9.36. The Balaban J connectivity index is 1.32. The van der Waals surface area contributed by atoms with Crippen LogP contribution >= 0.6 is 0 Å². The second-order valence-corrected chi connectivity index (χ2v) is 7.63. The molecular formula is C19H24N8O6. The fourth-order valence-electron chi connectivity index (χ4n) is 3.55. The highest BCUT2D eigenvalue weighted by atomic mass is 16.5. The number of morpholine rings is 1. The molecular weight excluding hydrogens is 436 g/mol. The maximum atomic E-state index is 12.4. The minimum atomic E-state index is -0.609. The third-order valence-corrected chi connectivity index (χ3v) is 5.40. The number of nitrogens with zero attached hydrogens (tertiary/aromatic N) is 8. The summed E-state index contributed by atoms with van der Waals surface area (Å²) in [6.07, 6.45) is 3.21. The van der Waals surface area contributed by atoms with Crippen LogP contribution in [0.4, 0.5) is 0 Å². The Hall–Kier alpha value is -3.81. The van der Waals surface area contributed by atoms with Gasteiger partial charge in [-0.25, -0.2) is 9.78 Å². The highest BCUT2D eigenvalue weighted by Crippen LogP contribution is 2.07. The zero-order chi connectivity index (χ0) is 23.5. The molecule has 1 saturated heterocycles. The molecule has 1 aliphatic rings. The highest BCUT2D eigenvalue weighted by Gasteiger charge is 2.18. The van der Waals surface area contributed by atoms with E-state index in [1.54, 1.807) is 11.1 Å². The van der Waals surface area contributed by atoms with Gasteiger partial charge < -0.3 is 18.9 Å². The molecule has 14 heteroatoms. The van der Waals surface area contributed by atoms with Crippen molar-refractivity contribution in [3.05, 3.63) is 39.1 Å². The van der Waals surface area contributed by atoms with Gasteiger partial charge in [0.1, 0.15) is 18.8 Å². The molecule has 0 aliphatic carbocycles. The van der Waals surface area contributed by atoms with Crippen LogP contribution in [-0.4, -0.2) is 76.8 Å². The Kier molecular flexibility index (Phi) is 6.35. The molecule has 0 unspecified atom stereocenters. The van der Waals surface area contributed by atoms with Gasteiger partial charge in [-0.3, -0.25) is 28.2 Å². The molecule has 0 aromatic carbocycles. The van der Waals surface area contributed by atoms with Crippen molar-refractivity contribution in [2.24, 2.45) is 14.1 Å². The van der Waals surface area contributed by atoms with E-state index in [4.69, 9.17) is 9.47 Å². The van der Waals surface area contributed by atoms with Crippen LogP contribution in [0.25, 0.3) is 11.2 Å². The summed E-state index contributed by atoms with van der Waals surface area (Å²) in [4.78, 5) is 54.8. The number of rotatable bonds is 7. The maximum Gasteiger partial charge on any atom is 0.332 e. The lowest BCUT2D eigenvalue weighted by Crippen LogP contribution is -2.41. The van der Waals surface area contributed by atoms with Gasteiger partial charge in [-0.05, 0) is 0 Å². The Morgan fingerprint density at radius 1 is 1.15 bits per heavy atom. The number of amides is 1. The average Bonchev–Trinajstić information content (AvgIpc) is 3.46. The van der Waals surface area contributed by atoms with Crippen LogP contribution in [0, 0.1) is 0 Å². The summed E-state index contributed by atoms with van der Waals surface area (Å²) in [6, 6.07) is 0. The number of ether oxygens (including phenoxy) is 2. The topological polar surface area (TPSA) is 148 Å². The summed E-state index contributed by atoms with van der Waals surface area (Å²) < 4.78 is 15.5. The molecule has 0 saturated carbocycles. The first-order chi connectivity index (χ1) is 15.8. The summed E-state index contributed by atoms with van der Waals surface area (Å²) in [5, 5.41) is 7.91. The Labute approximate surface area is 186 Å². The van der Waals surface area contributed by atoms with E-state index in [0.29, 0.717) is 38.5 Å². The Morgan fingerprint density at radius 3 is 2.67 bits per heavy atom. The van der Waals surface area contributed by atoms with Gasteiger partial charge >= 0.3 is 11.7 Å². The zero-order valence-electron chi connectivity index (χ0n) is 18.3. The van der Waals surface area contributed by atoms with E-state index >= 15 is 0 Å². The summed E-state index contributed by atoms with van der Waals surface area (Å²) >= 11 is 0. The van der Waals surface area contributed by atoms with E-state index in [-0.39, 0.29) is 36.6 Å². The fraction of sp³-hybridized carbons (Fsp3) is 0.526. The minimum absolute atomic E-state index is 0.0259. The third-order valence-electron chi connectivity index (χ3n) is 5.40. The van der Waals surface area contributed by atoms with Crippen LogP contribution in [0.3, 0.4) is 0 Å². The van der Waals surface area contributed by atoms with Gasteiger partial charge in [0.25, 0.3) is 5.56 Å². The van der Waals surface area contributed by atoms with Crippen molar-refractivity contribution in [1.82, 2.24) is 38.6 Å². The van der Waals surface area contributed by atoms with E-state index in [1.165, 1.54) is 34.2 Å². The van der Waals surface area contributed by atoms with Gasteiger partial charge in [0.2, 0.25) is 5.91 Å². The molecule has 0 spiro atoms. The van der Waals surface area contributed by atoms with Crippen molar-refractivity contribution in [1.29, 1.82) is 0 Å². The minimum Gasteiger partial charge on any atom is -0.458 e. The first-order valence-electron chi connectivity index (χ1n) is 10.4. The van der Waals surface area contributed by atoms with Gasteiger partial charge in [-0.1, -0.05) is 5.21 Å². The van der Waals surface area contributed by atoms with Crippen molar-refractivity contribution in [3.63, 3.8) is 0 Å². The van der Waals surface area contributed by atoms with E-state index in [1.807, 2.05) is 0 Å². The van der Waals surface area contributed by atoms with Gasteiger partial charge in [0.05, 0.1) is 32.3 Å².